The van der Waals surface area contributed by atoms with E-state index in [-0.39, 0.29) is 5.92 Å². The minimum Gasteiger partial charge on any atom is -0.384 e. The van der Waals surface area contributed by atoms with Gasteiger partial charge in [0.1, 0.15) is 0 Å². The molecule has 0 saturated carbocycles. The third-order valence-corrected chi connectivity index (χ3v) is 3.34. The molecule has 2 nitrogen and oxygen atoms in total. The fourth-order valence-corrected chi connectivity index (χ4v) is 2.40. The summed E-state index contributed by atoms with van der Waals surface area (Å²) in [4.78, 5) is 4.04. The molecule has 1 aliphatic rings. The van der Waals surface area contributed by atoms with Crippen molar-refractivity contribution in [3.63, 3.8) is 0 Å². The van der Waals surface area contributed by atoms with Gasteiger partial charge in [0.2, 0.25) is 0 Å². The first-order valence-electron chi connectivity index (χ1n) is 5.90. The van der Waals surface area contributed by atoms with Crippen molar-refractivity contribution < 1.29 is 13.2 Å². The van der Waals surface area contributed by atoms with E-state index in [1.54, 1.807) is 18.5 Å². The van der Waals surface area contributed by atoms with E-state index >= 15 is 0 Å². The van der Waals surface area contributed by atoms with Gasteiger partial charge in [-0.25, -0.2) is 0 Å². The number of anilines is 1. The van der Waals surface area contributed by atoms with Gasteiger partial charge in [0.15, 0.2) is 0 Å². The first kappa shape index (κ1) is 12.0. The molecule has 19 heavy (non-hydrogen) atoms. The minimum atomic E-state index is -4.31. The molecule has 0 aliphatic carbocycles. The van der Waals surface area contributed by atoms with Crippen LogP contribution in [0.25, 0.3) is 0 Å². The van der Waals surface area contributed by atoms with Gasteiger partial charge in [0.25, 0.3) is 0 Å². The van der Waals surface area contributed by atoms with Crippen LogP contribution in [0.2, 0.25) is 0 Å². The predicted molar refractivity (Wildman–Crippen MR) is 66.0 cm³/mol. The number of alkyl halides is 3. The number of hydrogen-bond donors (Lipinski definition) is 1. The van der Waals surface area contributed by atoms with Crippen molar-refractivity contribution in [3.8, 4) is 0 Å². The topological polar surface area (TPSA) is 24.9 Å². The van der Waals surface area contributed by atoms with Crippen LogP contribution in [0.15, 0.2) is 42.7 Å². The summed E-state index contributed by atoms with van der Waals surface area (Å²) in [6.45, 7) is 0.600. The number of halogens is 3. The Kier molecular flexibility index (Phi) is 2.69. The Balaban J connectivity index is 2.01. The highest BCUT2D eigenvalue weighted by Crippen LogP contribution is 2.37. The molecule has 0 bridgehead atoms. The maximum absolute atomic E-state index is 12.7. The fourth-order valence-electron chi connectivity index (χ4n) is 2.40. The molecular weight excluding hydrogens is 253 g/mol. The number of rotatable bonds is 1. The van der Waals surface area contributed by atoms with Gasteiger partial charge in [-0.3, -0.25) is 4.98 Å². The second-order valence-electron chi connectivity index (χ2n) is 4.52. The van der Waals surface area contributed by atoms with Crippen molar-refractivity contribution in [1.29, 1.82) is 0 Å². The smallest absolute Gasteiger partial charge is 0.384 e. The van der Waals surface area contributed by atoms with Crippen molar-refractivity contribution in [2.75, 3.05) is 11.9 Å². The van der Waals surface area contributed by atoms with Gasteiger partial charge in [0.05, 0.1) is 5.56 Å². The van der Waals surface area contributed by atoms with Gasteiger partial charge in [-0.1, -0.05) is 18.2 Å². The maximum atomic E-state index is 12.7. The Morgan fingerprint density at radius 1 is 1.21 bits per heavy atom. The lowest BCUT2D eigenvalue weighted by atomic mass is 9.93. The second kappa shape index (κ2) is 4.26. The summed E-state index contributed by atoms with van der Waals surface area (Å²) >= 11 is 0. The van der Waals surface area contributed by atoms with Crippen LogP contribution in [0.3, 0.4) is 0 Å². The van der Waals surface area contributed by atoms with Crippen LogP contribution in [0.5, 0.6) is 0 Å². The van der Waals surface area contributed by atoms with Crippen molar-refractivity contribution in [2.24, 2.45) is 0 Å². The van der Waals surface area contributed by atoms with Gasteiger partial charge < -0.3 is 5.32 Å². The molecule has 2 heterocycles. The SMILES string of the molecule is FC(F)(F)c1cccc(C2CNc3ccncc32)c1. The van der Waals surface area contributed by atoms with Gasteiger partial charge >= 0.3 is 6.18 Å². The highest BCUT2D eigenvalue weighted by molar-refractivity contribution is 5.59. The zero-order chi connectivity index (χ0) is 13.5. The standard InChI is InChI=1S/C14H11F3N2/c15-14(16,17)10-3-1-2-9(6-10)11-8-19-13-4-5-18-7-12(11)13/h1-7,11,19H,8H2. The lowest BCUT2D eigenvalue weighted by Crippen LogP contribution is -2.08. The molecule has 1 unspecified atom stereocenters. The van der Waals surface area contributed by atoms with Gasteiger partial charge in [-0.2, -0.15) is 13.2 Å². The average Bonchev–Trinajstić information content (AvgIpc) is 2.82. The Bertz CT molecular complexity index is 608. The Labute approximate surface area is 108 Å². The van der Waals surface area contributed by atoms with E-state index in [0.29, 0.717) is 12.1 Å². The van der Waals surface area contributed by atoms with Crippen LogP contribution in [0.1, 0.15) is 22.6 Å². The van der Waals surface area contributed by atoms with Crippen molar-refractivity contribution in [3.05, 3.63) is 59.4 Å². The summed E-state index contributed by atoms with van der Waals surface area (Å²) in [5.41, 5.74) is 1.94. The van der Waals surface area contributed by atoms with Crippen LogP contribution in [0, 0.1) is 0 Å². The molecule has 0 fully saturated rings. The van der Waals surface area contributed by atoms with Gasteiger partial charge in [-0.15, -0.1) is 0 Å². The lowest BCUT2D eigenvalue weighted by Gasteiger charge is -2.13. The molecule has 98 valence electrons. The molecule has 0 saturated heterocycles. The van der Waals surface area contributed by atoms with Gasteiger partial charge in [0, 0.05) is 36.1 Å². The van der Waals surface area contributed by atoms with E-state index in [1.807, 2.05) is 6.07 Å². The Morgan fingerprint density at radius 3 is 2.84 bits per heavy atom. The summed E-state index contributed by atoms with van der Waals surface area (Å²) in [5, 5.41) is 3.19. The molecule has 1 aromatic heterocycles. The highest BCUT2D eigenvalue weighted by atomic mass is 19.4. The highest BCUT2D eigenvalue weighted by Gasteiger charge is 2.32. The summed E-state index contributed by atoms with van der Waals surface area (Å²) in [7, 11) is 0. The van der Waals surface area contributed by atoms with E-state index in [1.165, 1.54) is 12.1 Å². The molecule has 1 aliphatic heterocycles. The number of pyridine rings is 1. The molecule has 1 aromatic carbocycles. The Hall–Kier alpha value is -2.04. The summed E-state index contributed by atoms with van der Waals surface area (Å²) in [5.74, 6) is -0.0778. The van der Waals surface area contributed by atoms with Gasteiger partial charge in [-0.05, 0) is 17.7 Å². The maximum Gasteiger partial charge on any atom is 0.416 e. The van der Waals surface area contributed by atoms with Crippen molar-refractivity contribution in [2.45, 2.75) is 12.1 Å². The third kappa shape index (κ3) is 2.16. The molecule has 0 amide bonds. The number of aromatic nitrogens is 1. The average molecular weight is 264 g/mol. The molecule has 0 spiro atoms. The molecule has 3 rings (SSSR count). The molecular formula is C14H11F3N2. The second-order valence-corrected chi connectivity index (χ2v) is 4.52. The largest absolute Gasteiger partial charge is 0.416 e. The predicted octanol–water partition coefficient (Wildman–Crippen LogP) is 3.66. The number of nitrogens with zero attached hydrogens (tertiary/aromatic N) is 1. The number of fused-ring (bicyclic) bond motifs is 1. The first-order chi connectivity index (χ1) is 9.05. The summed E-state index contributed by atoms with van der Waals surface area (Å²) in [6, 6.07) is 7.32. The molecule has 2 aromatic rings. The van der Waals surface area contributed by atoms with Crippen LogP contribution in [-0.2, 0) is 6.18 Å². The van der Waals surface area contributed by atoms with E-state index in [9.17, 15) is 13.2 Å². The molecule has 1 atom stereocenters. The lowest BCUT2D eigenvalue weighted by molar-refractivity contribution is -0.137. The monoisotopic (exact) mass is 264 g/mol. The van der Waals surface area contributed by atoms with Crippen LogP contribution >= 0.6 is 0 Å². The molecule has 5 heteroatoms. The first-order valence-corrected chi connectivity index (χ1v) is 5.90. The molecule has 1 N–H and O–H groups in total. The van der Waals surface area contributed by atoms with E-state index in [0.717, 1.165) is 17.3 Å². The quantitative estimate of drug-likeness (QED) is 0.850. The van der Waals surface area contributed by atoms with Crippen LogP contribution in [0.4, 0.5) is 18.9 Å². The van der Waals surface area contributed by atoms with E-state index in [2.05, 4.69) is 10.3 Å². The van der Waals surface area contributed by atoms with Crippen LogP contribution in [-0.4, -0.2) is 11.5 Å². The molecule has 0 radical (unpaired) electrons. The summed E-state index contributed by atoms with van der Waals surface area (Å²) in [6.07, 6.45) is -0.930. The zero-order valence-electron chi connectivity index (χ0n) is 9.91. The summed E-state index contributed by atoms with van der Waals surface area (Å²) < 4.78 is 38.2. The van der Waals surface area contributed by atoms with E-state index < -0.39 is 11.7 Å². The number of hydrogen-bond acceptors (Lipinski definition) is 2. The Morgan fingerprint density at radius 2 is 2.05 bits per heavy atom. The van der Waals surface area contributed by atoms with Crippen LogP contribution < -0.4 is 5.32 Å². The zero-order valence-corrected chi connectivity index (χ0v) is 9.91. The number of benzene rings is 1. The normalized spacial score (nSPS) is 17.9. The number of nitrogens with one attached hydrogen (secondary N) is 1. The van der Waals surface area contributed by atoms with Crippen molar-refractivity contribution in [1.82, 2.24) is 4.98 Å². The van der Waals surface area contributed by atoms with Crippen molar-refractivity contribution >= 4 is 5.69 Å². The van der Waals surface area contributed by atoms with E-state index in [4.69, 9.17) is 0 Å². The minimum absolute atomic E-state index is 0.0778. The third-order valence-electron chi connectivity index (χ3n) is 3.34. The fraction of sp³-hybridized carbons (Fsp3) is 0.214.